The Bertz CT molecular complexity index is 540. The van der Waals surface area contributed by atoms with Crippen LogP contribution in [-0.2, 0) is 0 Å². The summed E-state index contributed by atoms with van der Waals surface area (Å²) in [5.41, 5.74) is -0.142. The SMILES string of the molecule is CCC1CCN(C(=O)Nc2ccc(C(=O)O)cc2F)CC1. The summed E-state index contributed by atoms with van der Waals surface area (Å²) in [6.07, 6.45) is 3.04. The summed E-state index contributed by atoms with van der Waals surface area (Å²) in [4.78, 5) is 24.5. The van der Waals surface area contributed by atoms with E-state index in [1.54, 1.807) is 4.90 Å². The van der Waals surface area contributed by atoms with Gasteiger partial charge in [0.25, 0.3) is 0 Å². The van der Waals surface area contributed by atoms with Crippen molar-refractivity contribution < 1.29 is 19.1 Å². The summed E-state index contributed by atoms with van der Waals surface area (Å²) in [5, 5.41) is 11.3. The largest absolute Gasteiger partial charge is 0.478 e. The van der Waals surface area contributed by atoms with Gasteiger partial charge in [0.05, 0.1) is 11.3 Å². The number of carbonyl (C=O) groups excluding carboxylic acids is 1. The number of nitrogens with zero attached hydrogens (tertiary/aromatic N) is 1. The Kier molecular flexibility index (Phi) is 4.77. The van der Waals surface area contributed by atoms with Crippen molar-refractivity contribution in [3.63, 3.8) is 0 Å². The number of benzene rings is 1. The smallest absolute Gasteiger partial charge is 0.335 e. The maximum absolute atomic E-state index is 13.8. The molecule has 21 heavy (non-hydrogen) atoms. The molecule has 2 rings (SSSR count). The van der Waals surface area contributed by atoms with Crippen LogP contribution in [0.25, 0.3) is 0 Å². The minimum atomic E-state index is -1.20. The lowest BCUT2D eigenvalue weighted by atomic mass is 9.95. The molecule has 1 aliphatic rings. The number of aromatic carboxylic acids is 1. The molecule has 2 N–H and O–H groups in total. The number of urea groups is 1. The first-order valence-electron chi connectivity index (χ1n) is 7.10. The summed E-state index contributed by atoms with van der Waals surface area (Å²) in [6.45, 7) is 3.47. The molecule has 6 heteroatoms. The number of carboxylic acid groups (broad SMARTS) is 1. The van der Waals surface area contributed by atoms with Gasteiger partial charge >= 0.3 is 12.0 Å². The molecule has 0 spiro atoms. The second-order valence-electron chi connectivity index (χ2n) is 5.27. The fraction of sp³-hybridized carbons (Fsp3) is 0.467. The van der Waals surface area contributed by atoms with Crippen molar-refractivity contribution in [2.75, 3.05) is 18.4 Å². The number of piperidine rings is 1. The van der Waals surface area contributed by atoms with Crippen LogP contribution in [0.2, 0.25) is 0 Å². The normalized spacial score (nSPS) is 15.8. The summed E-state index contributed by atoms with van der Waals surface area (Å²) in [5.74, 6) is -1.29. The molecule has 2 amide bonds. The highest BCUT2D eigenvalue weighted by molar-refractivity contribution is 5.91. The second-order valence-corrected chi connectivity index (χ2v) is 5.27. The van der Waals surface area contributed by atoms with Gasteiger partial charge in [0.2, 0.25) is 0 Å². The van der Waals surface area contributed by atoms with Crippen molar-refractivity contribution in [1.82, 2.24) is 4.90 Å². The molecular formula is C15H19FN2O3. The van der Waals surface area contributed by atoms with Gasteiger partial charge in [-0.05, 0) is 37.0 Å². The summed E-state index contributed by atoms with van der Waals surface area (Å²) in [7, 11) is 0. The molecule has 114 valence electrons. The lowest BCUT2D eigenvalue weighted by Crippen LogP contribution is -2.41. The van der Waals surface area contributed by atoms with E-state index in [0.717, 1.165) is 25.3 Å². The lowest BCUT2D eigenvalue weighted by molar-refractivity contribution is 0.0696. The van der Waals surface area contributed by atoms with E-state index in [2.05, 4.69) is 12.2 Å². The number of anilines is 1. The van der Waals surface area contributed by atoms with E-state index in [-0.39, 0.29) is 17.3 Å². The van der Waals surface area contributed by atoms with E-state index in [1.165, 1.54) is 12.1 Å². The average molecular weight is 294 g/mol. The quantitative estimate of drug-likeness (QED) is 0.899. The minimum Gasteiger partial charge on any atom is -0.478 e. The molecule has 1 aromatic rings. The van der Waals surface area contributed by atoms with Crippen LogP contribution in [0, 0.1) is 11.7 Å². The summed E-state index contributed by atoms with van der Waals surface area (Å²) < 4.78 is 13.8. The highest BCUT2D eigenvalue weighted by atomic mass is 19.1. The van der Waals surface area contributed by atoms with Gasteiger partial charge in [0.1, 0.15) is 5.82 Å². The topological polar surface area (TPSA) is 69.6 Å². The van der Waals surface area contributed by atoms with Gasteiger partial charge in [-0.2, -0.15) is 0 Å². The van der Waals surface area contributed by atoms with Crippen LogP contribution in [0.3, 0.4) is 0 Å². The number of halogens is 1. The van der Waals surface area contributed by atoms with Crippen LogP contribution in [0.5, 0.6) is 0 Å². The fourth-order valence-corrected chi connectivity index (χ4v) is 2.49. The zero-order valence-corrected chi connectivity index (χ0v) is 11.9. The van der Waals surface area contributed by atoms with Crippen molar-refractivity contribution in [2.24, 2.45) is 5.92 Å². The zero-order chi connectivity index (χ0) is 15.4. The van der Waals surface area contributed by atoms with Gasteiger partial charge in [-0.3, -0.25) is 0 Å². The van der Waals surface area contributed by atoms with Gasteiger partial charge in [0, 0.05) is 13.1 Å². The molecule has 1 fully saturated rings. The average Bonchev–Trinajstić information content (AvgIpc) is 2.49. The number of hydrogen-bond acceptors (Lipinski definition) is 2. The fourth-order valence-electron chi connectivity index (χ4n) is 2.49. The van der Waals surface area contributed by atoms with Crippen molar-refractivity contribution in [2.45, 2.75) is 26.2 Å². The maximum Gasteiger partial charge on any atom is 0.335 e. The highest BCUT2D eigenvalue weighted by Gasteiger charge is 2.22. The summed E-state index contributed by atoms with van der Waals surface area (Å²) >= 11 is 0. The molecule has 1 heterocycles. The number of rotatable bonds is 3. The number of hydrogen-bond donors (Lipinski definition) is 2. The van der Waals surface area contributed by atoms with E-state index < -0.39 is 11.8 Å². The summed E-state index contributed by atoms with van der Waals surface area (Å²) in [6, 6.07) is 3.10. The van der Waals surface area contributed by atoms with Crippen molar-refractivity contribution in [3.05, 3.63) is 29.6 Å². The lowest BCUT2D eigenvalue weighted by Gasteiger charge is -2.31. The molecule has 0 aliphatic carbocycles. The highest BCUT2D eigenvalue weighted by Crippen LogP contribution is 2.21. The maximum atomic E-state index is 13.8. The van der Waals surface area contributed by atoms with Gasteiger partial charge in [0.15, 0.2) is 0 Å². The first kappa shape index (κ1) is 15.3. The van der Waals surface area contributed by atoms with Gasteiger partial charge in [-0.25, -0.2) is 14.0 Å². The van der Waals surface area contributed by atoms with E-state index in [9.17, 15) is 14.0 Å². The van der Waals surface area contributed by atoms with E-state index in [0.29, 0.717) is 19.0 Å². The molecule has 1 aromatic carbocycles. The van der Waals surface area contributed by atoms with Gasteiger partial charge in [-0.15, -0.1) is 0 Å². The van der Waals surface area contributed by atoms with Crippen LogP contribution >= 0.6 is 0 Å². The van der Waals surface area contributed by atoms with Crippen molar-refractivity contribution in [1.29, 1.82) is 0 Å². The molecule has 0 aromatic heterocycles. The molecule has 0 radical (unpaired) electrons. The second kappa shape index (κ2) is 6.56. The zero-order valence-electron chi connectivity index (χ0n) is 11.9. The van der Waals surface area contributed by atoms with E-state index >= 15 is 0 Å². The van der Waals surface area contributed by atoms with Crippen molar-refractivity contribution in [3.8, 4) is 0 Å². The third-order valence-corrected chi connectivity index (χ3v) is 3.94. The molecule has 1 aliphatic heterocycles. The predicted molar refractivity (Wildman–Crippen MR) is 77.0 cm³/mol. The molecule has 0 atom stereocenters. The van der Waals surface area contributed by atoms with E-state index in [1.807, 2.05) is 0 Å². The molecule has 0 bridgehead atoms. The third-order valence-electron chi connectivity index (χ3n) is 3.94. The van der Waals surface area contributed by atoms with Gasteiger partial charge in [-0.1, -0.05) is 13.3 Å². The Balaban J connectivity index is 1.98. The number of likely N-dealkylation sites (tertiary alicyclic amines) is 1. The van der Waals surface area contributed by atoms with Crippen LogP contribution in [0.15, 0.2) is 18.2 Å². The Labute approximate surface area is 122 Å². The van der Waals surface area contributed by atoms with Crippen LogP contribution in [-0.4, -0.2) is 35.1 Å². The molecule has 0 unspecified atom stereocenters. The molecule has 0 saturated carbocycles. The first-order valence-corrected chi connectivity index (χ1v) is 7.10. The monoisotopic (exact) mass is 294 g/mol. The van der Waals surface area contributed by atoms with Gasteiger partial charge < -0.3 is 15.3 Å². The van der Waals surface area contributed by atoms with Crippen LogP contribution in [0.4, 0.5) is 14.9 Å². The predicted octanol–water partition coefficient (Wildman–Crippen LogP) is 3.18. The van der Waals surface area contributed by atoms with Crippen LogP contribution < -0.4 is 5.32 Å². The number of nitrogens with one attached hydrogen (secondary N) is 1. The van der Waals surface area contributed by atoms with Crippen LogP contribution in [0.1, 0.15) is 36.5 Å². The molecule has 1 saturated heterocycles. The minimum absolute atomic E-state index is 0.00242. The number of carboxylic acids is 1. The van der Waals surface area contributed by atoms with Crippen molar-refractivity contribution >= 4 is 17.7 Å². The standard InChI is InChI=1S/C15H19FN2O3/c1-2-10-5-7-18(8-6-10)15(21)17-13-4-3-11(14(19)20)9-12(13)16/h3-4,9-10H,2,5-8H2,1H3,(H,17,21)(H,19,20). The molecule has 5 nitrogen and oxygen atoms in total. The Morgan fingerprint density at radius 1 is 1.38 bits per heavy atom. The molecular weight excluding hydrogens is 275 g/mol. The third kappa shape index (κ3) is 3.71. The van der Waals surface area contributed by atoms with E-state index in [4.69, 9.17) is 5.11 Å². The number of carbonyl (C=O) groups is 2. The Hall–Kier alpha value is -2.11. The first-order chi connectivity index (χ1) is 10.0. The Morgan fingerprint density at radius 3 is 2.57 bits per heavy atom. The number of amides is 2. The Morgan fingerprint density at radius 2 is 2.05 bits per heavy atom.